The van der Waals surface area contributed by atoms with E-state index >= 15 is 0 Å². The lowest BCUT2D eigenvalue weighted by atomic mass is 9.90. The van der Waals surface area contributed by atoms with Gasteiger partial charge in [-0.05, 0) is 13.8 Å². The highest BCUT2D eigenvalue weighted by atomic mass is 16.4. The molecule has 0 aliphatic rings. The molecule has 0 spiro atoms. The van der Waals surface area contributed by atoms with Crippen molar-refractivity contribution in [2.45, 2.75) is 33.0 Å². The fraction of sp³-hybridized carbons (Fsp3) is 0.875. The zero-order chi connectivity index (χ0) is 9.89. The van der Waals surface area contributed by atoms with Crippen LogP contribution in [0.3, 0.4) is 0 Å². The number of hydrogen-bond acceptors (Lipinski definition) is 3. The van der Waals surface area contributed by atoms with Gasteiger partial charge >= 0.3 is 5.97 Å². The van der Waals surface area contributed by atoms with Crippen molar-refractivity contribution < 1.29 is 20.1 Å². The zero-order valence-corrected chi connectivity index (χ0v) is 7.56. The summed E-state index contributed by atoms with van der Waals surface area (Å²) < 4.78 is 0. The van der Waals surface area contributed by atoms with Crippen LogP contribution < -0.4 is 0 Å². The van der Waals surface area contributed by atoms with Crippen LogP contribution in [-0.4, -0.2) is 33.5 Å². The highest BCUT2D eigenvalue weighted by Gasteiger charge is 2.28. The molecule has 0 aromatic heterocycles. The standard InChI is InChI=1S/C8H16O4/c1-4(6(3)9)7(10)5(2)8(11)12/h4-7,9-10H,1-3H3,(H,11,12)/t4-,5-,6-,7+/m0/s1. The number of carboxylic acids is 1. The van der Waals surface area contributed by atoms with Gasteiger partial charge < -0.3 is 15.3 Å². The number of aliphatic hydroxyl groups excluding tert-OH is 2. The SMILES string of the molecule is C[C@H]([C@@H](O)[C@H](C)C(=O)O)[C@H](C)O. The molecule has 0 fully saturated rings. The van der Waals surface area contributed by atoms with Crippen LogP contribution in [0.4, 0.5) is 0 Å². The lowest BCUT2D eigenvalue weighted by molar-refractivity contribution is -0.147. The van der Waals surface area contributed by atoms with Crippen molar-refractivity contribution in [3.63, 3.8) is 0 Å². The minimum Gasteiger partial charge on any atom is -0.481 e. The maximum absolute atomic E-state index is 10.4. The molecular weight excluding hydrogens is 160 g/mol. The van der Waals surface area contributed by atoms with Crippen molar-refractivity contribution >= 4 is 5.97 Å². The summed E-state index contributed by atoms with van der Waals surface area (Å²) in [5.74, 6) is -2.30. The minimum absolute atomic E-state index is 0.420. The molecule has 0 unspecified atom stereocenters. The molecule has 0 rings (SSSR count). The summed E-state index contributed by atoms with van der Waals surface area (Å²) in [5.41, 5.74) is 0. The van der Waals surface area contributed by atoms with Crippen LogP contribution in [0.1, 0.15) is 20.8 Å². The van der Waals surface area contributed by atoms with Gasteiger partial charge in [0.05, 0.1) is 18.1 Å². The van der Waals surface area contributed by atoms with Gasteiger partial charge in [0.15, 0.2) is 0 Å². The summed E-state index contributed by atoms with van der Waals surface area (Å²) in [6.45, 7) is 4.57. The third kappa shape index (κ3) is 2.79. The first-order valence-electron chi connectivity index (χ1n) is 3.96. The molecule has 4 nitrogen and oxygen atoms in total. The van der Waals surface area contributed by atoms with Gasteiger partial charge in [-0.1, -0.05) is 6.92 Å². The fourth-order valence-corrected chi connectivity index (χ4v) is 0.887. The Morgan fingerprint density at radius 3 is 1.83 bits per heavy atom. The van der Waals surface area contributed by atoms with Crippen LogP contribution in [0.5, 0.6) is 0 Å². The second kappa shape index (κ2) is 4.42. The Balaban J connectivity index is 4.18. The molecule has 12 heavy (non-hydrogen) atoms. The zero-order valence-electron chi connectivity index (χ0n) is 7.56. The van der Waals surface area contributed by atoms with E-state index in [0.29, 0.717) is 0 Å². The molecule has 0 amide bonds. The first-order chi connectivity index (χ1) is 5.37. The summed E-state index contributed by atoms with van der Waals surface area (Å²) in [6.07, 6.45) is -1.69. The maximum atomic E-state index is 10.4. The van der Waals surface area contributed by atoms with Crippen LogP contribution in [0.25, 0.3) is 0 Å². The van der Waals surface area contributed by atoms with E-state index in [4.69, 9.17) is 10.2 Å². The van der Waals surface area contributed by atoms with Gasteiger partial charge in [0.25, 0.3) is 0 Å². The van der Waals surface area contributed by atoms with E-state index in [9.17, 15) is 9.90 Å². The number of aliphatic carboxylic acids is 1. The molecule has 3 N–H and O–H groups in total. The summed E-state index contributed by atoms with van der Waals surface area (Å²) in [7, 11) is 0. The van der Waals surface area contributed by atoms with Crippen molar-refractivity contribution in [2.24, 2.45) is 11.8 Å². The summed E-state index contributed by atoms with van der Waals surface area (Å²) in [4.78, 5) is 10.4. The van der Waals surface area contributed by atoms with E-state index in [0.717, 1.165) is 0 Å². The van der Waals surface area contributed by atoms with Crippen molar-refractivity contribution in [3.05, 3.63) is 0 Å². The molecule has 72 valence electrons. The topological polar surface area (TPSA) is 77.8 Å². The average molecular weight is 176 g/mol. The minimum atomic E-state index is -1.05. The number of carboxylic acid groups (broad SMARTS) is 1. The quantitative estimate of drug-likeness (QED) is 0.567. The Labute approximate surface area is 71.8 Å². The van der Waals surface area contributed by atoms with Crippen molar-refractivity contribution in [1.29, 1.82) is 0 Å². The molecule has 0 radical (unpaired) electrons. The molecule has 4 heteroatoms. The first kappa shape index (κ1) is 11.4. The second-order valence-electron chi connectivity index (χ2n) is 3.22. The third-order valence-electron chi connectivity index (χ3n) is 2.20. The third-order valence-corrected chi connectivity index (χ3v) is 2.20. The van der Waals surface area contributed by atoms with Crippen LogP contribution in [-0.2, 0) is 4.79 Å². The van der Waals surface area contributed by atoms with E-state index in [1.54, 1.807) is 6.92 Å². The molecule has 0 aromatic rings. The number of carbonyl (C=O) groups is 1. The molecular formula is C8H16O4. The van der Waals surface area contributed by atoms with Gasteiger partial charge in [-0.2, -0.15) is 0 Å². The van der Waals surface area contributed by atoms with Gasteiger partial charge in [0.2, 0.25) is 0 Å². The average Bonchev–Trinajstić information content (AvgIpc) is 2.00. The lowest BCUT2D eigenvalue weighted by Crippen LogP contribution is -2.36. The van der Waals surface area contributed by atoms with Crippen LogP contribution in [0, 0.1) is 11.8 Å². The predicted molar refractivity (Wildman–Crippen MR) is 43.7 cm³/mol. The van der Waals surface area contributed by atoms with Gasteiger partial charge in [0.1, 0.15) is 0 Å². The van der Waals surface area contributed by atoms with Gasteiger partial charge in [-0.25, -0.2) is 0 Å². The Kier molecular flexibility index (Phi) is 4.20. The summed E-state index contributed by atoms with van der Waals surface area (Å²) in [5, 5.41) is 27.0. The fourth-order valence-electron chi connectivity index (χ4n) is 0.887. The van der Waals surface area contributed by atoms with Gasteiger partial charge in [-0.15, -0.1) is 0 Å². The van der Waals surface area contributed by atoms with E-state index in [1.807, 2.05) is 0 Å². The van der Waals surface area contributed by atoms with E-state index in [2.05, 4.69) is 0 Å². The largest absolute Gasteiger partial charge is 0.481 e. The maximum Gasteiger partial charge on any atom is 0.308 e. The van der Waals surface area contributed by atoms with E-state index in [-0.39, 0.29) is 0 Å². The summed E-state index contributed by atoms with van der Waals surface area (Å²) in [6, 6.07) is 0. The second-order valence-corrected chi connectivity index (χ2v) is 3.22. The molecule has 0 heterocycles. The number of hydrogen-bond donors (Lipinski definition) is 3. The normalized spacial score (nSPS) is 21.1. The molecule has 0 aromatic carbocycles. The molecule has 0 saturated heterocycles. The molecule has 4 atom stereocenters. The molecule has 0 aliphatic heterocycles. The Morgan fingerprint density at radius 2 is 1.58 bits per heavy atom. The van der Waals surface area contributed by atoms with Crippen LogP contribution in [0.15, 0.2) is 0 Å². The molecule has 0 bridgehead atoms. The Bertz CT molecular complexity index is 155. The number of aliphatic hydroxyl groups is 2. The molecule has 0 saturated carbocycles. The van der Waals surface area contributed by atoms with Crippen molar-refractivity contribution in [1.82, 2.24) is 0 Å². The van der Waals surface area contributed by atoms with Crippen molar-refractivity contribution in [2.75, 3.05) is 0 Å². The van der Waals surface area contributed by atoms with Crippen LogP contribution in [0.2, 0.25) is 0 Å². The summed E-state index contributed by atoms with van der Waals surface area (Å²) >= 11 is 0. The van der Waals surface area contributed by atoms with Gasteiger partial charge in [-0.3, -0.25) is 4.79 Å². The highest BCUT2D eigenvalue weighted by molar-refractivity contribution is 5.70. The van der Waals surface area contributed by atoms with E-state index in [1.165, 1.54) is 13.8 Å². The van der Waals surface area contributed by atoms with Crippen molar-refractivity contribution in [3.8, 4) is 0 Å². The van der Waals surface area contributed by atoms with Crippen LogP contribution >= 0.6 is 0 Å². The lowest BCUT2D eigenvalue weighted by Gasteiger charge is -2.24. The van der Waals surface area contributed by atoms with Gasteiger partial charge in [0, 0.05) is 5.92 Å². The highest BCUT2D eigenvalue weighted by Crippen LogP contribution is 2.16. The van der Waals surface area contributed by atoms with E-state index < -0.39 is 30.0 Å². The smallest absolute Gasteiger partial charge is 0.308 e. The predicted octanol–water partition coefficient (Wildman–Crippen LogP) is 0.0849. The Morgan fingerprint density at radius 1 is 1.17 bits per heavy atom. The number of rotatable bonds is 4. The first-order valence-corrected chi connectivity index (χ1v) is 3.96. The monoisotopic (exact) mass is 176 g/mol. The Hall–Kier alpha value is -0.610. The molecule has 0 aliphatic carbocycles.